The van der Waals surface area contributed by atoms with Crippen LogP contribution in [0.2, 0.25) is 5.02 Å². The van der Waals surface area contributed by atoms with Crippen molar-refractivity contribution in [1.29, 1.82) is 5.26 Å². The Hall–Kier alpha value is -1.24. The lowest BCUT2D eigenvalue weighted by Crippen LogP contribution is -2.31. The van der Waals surface area contributed by atoms with Gasteiger partial charge in [0.25, 0.3) is 0 Å². The van der Waals surface area contributed by atoms with Crippen molar-refractivity contribution in [3.63, 3.8) is 0 Å². The van der Waals surface area contributed by atoms with Gasteiger partial charge in [-0.1, -0.05) is 18.0 Å². The molecule has 3 nitrogen and oxygen atoms in total. The highest BCUT2D eigenvalue weighted by molar-refractivity contribution is 6.30. The first-order valence-corrected chi connectivity index (χ1v) is 6.34. The van der Waals surface area contributed by atoms with Crippen molar-refractivity contribution in [2.75, 3.05) is 18.4 Å². The van der Waals surface area contributed by atoms with Gasteiger partial charge in [-0.2, -0.15) is 5.26 Å². The van der Waals surface area contributed by atoms with Crippen LogP contribution in [-0.2, 0) is 0 Å². The van der Waals surface area contributed by atoms with Crippen LogP contribution in [0.15, 0.2) is 18.2 Å². The average Bonchev–Trinajstić information content (AvgIpc) is 2.60. The summed E-state index contributed by atoms with van der Waals surface area (Å²) in [6.45, 7) is 2.04. The smallest absolute Gasteiger partial charge is 0.101 e. The monoisotopic (exact) mass is 249 g/mol. The minimum Gasteiger partial charge on any atom is -0.380 e. The van der Waals surface area contributed by atoms with Gasteiger partial charge in [0.2, 0.25) is 0 Å². The zero-order valence-electron chi connectivity index (χ0n) is 9.67. The quantitative estimate of drug-likeness (QED) is 0.847. The van der Waals surface area contributed by atoms with E-state index in [-0.39, 0.29) is 0 Å². The van der Waals surface area contributed by atoms with Crippen molar-refractivity contribution in [2.45, 2.75) is 25.3 Å². The lowest BCUT2D eigenvalue weighted by atomic mass is 10.1. The Kier molecular flexibility index (Phi) is 4.24. The van der Waals surface area contributed by atoms with Crippen LogP contribution >= 0.6 is 11.6 Å². The predicted octanol–water partition coefficient (Wildman–Crippen LogP) is 2.77. The second kappa shape index (κ2) is 5.90. The average molecular weight is 250 g/mol. The van der Waals surface area contributed by atoms with Crippen LogP contribution in [0.5, 0.6) is 0 Å². The van der Waals surface area contributed by atoms with Gasteiger partial charge >= 0.3 is 0 Å². The SMILES string of the molecule is N#Cc1cc(Cl)ccc1NC1CCCCNC1. The van der Waals surface area contributed by atoms with Crippen molar-refractivity contribution < 1.29 is 0 Å². The Labute approximate surface area is 107 Å². The Bertz CT molecular complexity index is 417. The van der Waals surface area contributed by atoms with Crippen LogP contribution in [0.1, 0.15) is 24.8 Å². The molecule has 0 spiro atoms. The fourth-order valence-electron chi connectivity index (χ4n) is 2.10. The predicted molar refractivity (Wildman–Crippen MR) is 70.3 cm³/mol. The van der Waals surface area contributed by atoms with Crippen molar-refractivity contribution >= 4 is 17.3 Å². The summed E-state index contributed by atoms with van der Waals surface area (Å²) in [6.07, 6.45) is 3.59. The van der Waals surface area contributed by atoms with Crippen molar-refractivity contribution in [3.05, 3.63) is 28.8 Å². The van der Waals surface area contributed by atoms with Gasteiger partial charge in [-0.05, 0) is 37.6 Å². The molecule has 0 aliphatic carbocycles. The van der Waals surface area contributed by atoms with E-state index in [2.05, 4.69) is 16.7 Å². The molecule has 1 aliphatic heterocycles. The molecular formula is C13H16ClN3. The van der Waals surface area contributed by atoms with Crippen molar-refractivity contribution in [1.82, 2.24) is 5.32 Å². The highest BCUT2D eigenvalue weighted by Crippen LogP contribution is 2.21. The second-order valence-electron chi connectivity index (χ2n) is 4.34. The lowest BCUT2D eigenvalue weighted by Gasteiger charge is -2.18. The first kappa shape index (κ1) is 12.2. The largest absolute Gasteiger partial charge is 0.380 e. The highest BCUT2D eigenvalue weighted by Gasteiger charge is 2.13. The number of nitrogens with zero attached hydrogens (tertiary/aromatic N) is 1. The van der Waals surface area contributed by atoms with E-state index in [0.29, 0.717) is 16.6 Å². The molecule has 0 aromatic heterocycles. The maximum absolute atomic E-state index is 9.06. The molecule has 1 unspecified atom stereocenters. The van der Waals surface area contributed by atoms with Gasteiger partial charge in [0.05, 0.1) is 11.3 Å². The summed E-state index contributed by atoms with van der Waals surface area (Å²) in [4.78, 5) is 0. The fraction of sp³-hybridized carbons (Fsp3) is 0.462. The van der Waals surface area contributed by atoms with Crippen LogP contribution in [0, 0.1) is 11.3 Å². The van der Waals surface area contributed by atoms with E-state index in [1.807, 2.05) is 12.1 Å². The minimum atomic E-state index is 0.394. The Morgan fingerprint density at radius 2 is 2.29 bits per heavy atom. The first-order valence-electron chi connectivity index (χ1n) is 5.96. The topological polar surface area (TPSA) is 47.9 Å². The van der Waals surface area contributed by atoms with Crippen molar-refractivity contribution in [2.24, 2.45) is 0 Å². The first-order chi connectivity index (χ1) is 8.29. The molecular weight excluding hydrogens is 234 g/mol. The molecule has 0 radical (unpaired) electrons. The summed E-state index contributed by atoms with van der Waals surface area (Å²) in [5.41, 5.74) is 1.49. The number of nitriles is 1. The fourth-order valence-corrected chi connectivity index (χ4v) is 2.27. The lowest BCUT2D eigenvalue weighted by molar-refractivity contribution is 0.636. The van der Waals surface area contributed by atoms with E-state index in [1.54, 1.807) is 6.07 Å². The second-order valence-corrected chi connectivity index (χ2v) is 4.78. The summed E-state index contributed by atoms with van der Waals surface area (Å²) in [5.74, 6) is 0. The van der Waals surface area contributed by atoms with E-state index in [4.69, 9.17) is 16.9 Å². The normalized spacial score (nSPS) is 20.4. The van der Waals surface area contributed by atoms with Crippen LogP contribution in [0.25, 0.3) is 0 Å². The molecule has 1 atom stereocenters. The van der Waals surface area contributed by atoms with Gasteiger partial charge in [0.1, 0.15) is 6.07 Å². The molecule has 1 saturated heterocycles. The number of benzene rings is 1. The summed E-state index contributed by atoms with van der Waals surface area (Å²) in [5, 5.41) is 16.5. The number of rotatable bonds is 2. The third-order valence-corrected chi connectivity index (χ3v) is 3.24. The molecule has 4 heteroatoms. The molecule has 17 heavy (non-hydrogen) atoms. The van der Waals surface area contributed by atoms with Gasteiger partial charge < -0.3 is 10.6 Å². The number of nitrogens with one attached hydrogen (secondary N) is 2. The summed E-state index contributed by atoms with van der Waals surface area (Å²) in [6, 6.07) is 7.97. The maximum atomic E-state index is 9.06. The number of hydrogen-bond acceptors (Lipinski definition) is 3. The minimum absolute atomic E-state index is 0.394. The molecule has 1 aromatic rings. The van der Waals surface area contributed by atoms with Gasteiger partial charge in [0.15, 0.2) is 0 Å². The molecule has 1 fully saturated rings. The van der Waals surface area contributed by atoms with E-state index in [9.17, 15) is 0 Å². The Balaban J connectivity index is 2.09. The number of anilines is 1. The molecule has 1 aromatic carbocycles. The highest BCUT2D eigenvalue weighted by atomic mass is 35.5. The maximum Gasteiger partial charge on any atom is 0.101 e. The van der Waals surface area contributed by atoms with Crippen LogP contribution in [-0.4, -0.2) is 19.1 Å². The van der Waals surface area contributed by atoms with Gasteiger partial charge in [-0.3, -0.25) is 0 Å². The molecule has 0 amide bonds. The standard InChI is InChI=1S/C13H16ClN3/c14-11-4-5-13(10(7-11)8-15)17-12-3-1-2-6-16-9-12/h4-5,7,12,16-17H,1-3,6,9H2. The van der Waals surface area contributed by atoms with E-state index in [0.717, 1.165) is 25.2 Å². The number of halogens is 1. The van der Waals surface area contributed by atoms with E-state index in [1.165, 1.54) is 12.8 Å². The molecule has 90 valence electrons. The molecule has 1 heterocycles. The molecule has 0 bridgehead atoms. The summed E-state index contributed by atoms with van der Waals surface area (Å²) in [7, 11) is 0. The molecule has 0 saturated carbocycles. The van der Waals surface area contributed by atoms with E-state index >= 15 is 0 Å². The van der Waals surface area contributed by atoms with Crippen LogP contribution in [0.4, 0.5) is 5.69 Å². The summed E-state index contributed by atoms with van der Waals surface area (Å²) < 4.78 is 0. The van der Waals surface area contributed by atoms with Crippen LogP contribution in [0.3, 0.4) is 0 Å². The molecule has 2 N–H and O–H groups in total. The van der Waals surface area contributed by atoms with Gasteiger partial charge in [0, 0.05) is 17.6 Å². The summed E-state index contributed by atoms with van der Waals surface area (Å²) >= 11 is 5.87. The number of hydrogen-bond donors (Lipinski definition) is 2. The zero-order valence-corrected chi connectivity index (χ0v) is 10.4. The zero-order chi connectivity index (χ0) is 12.1. The van der Waals surface area contributed by atoms with Crippen LogP contribution < -0.4 is 10.6 Å². The van der Waals surface area contributed by atoms with Gasteiger partial charge in [-0.15, -0.1) is 0 Å². The Morgan fingerprint density at radius 3 is 3.12 bits per heavy atom. The molecule has 2 rings (SSSR count). The third-order valence-electron chi connectivity index (χ3n) is 3.01. The van der Waals surface area contributed by atoms with Crippen molar-refractivity contribution in [3.8, 4) is 6.07 Å². The van der Waals surface area contributed by atoms with Gasteiger partial charge in [-0.25, -0.2) is 0 Å². The Morgan fingerprint density at radius 1 is 1.41 bits per heavy atom. The third kappa shape index (κ3) is 3.36. The molecule has 1 aliphatic rings. The van der Waals surface area contributed by atoms with E-state index < -0.39 is 0 Å².